The maximum Gasteiger partial charge on any atom is 0.198 e. The van der Waals surface area contributed by atoms with E-state index in [0.717, 1.165) is 135 Å². The number of benzene rings is 10. The molecule has 0 aliphatic rings. The van der Waals surface area contributed by atoms with Crippen molar-refractivity contribution in [2.75, 3.05) is 0 Å². The predicted molar refractivity (Wildman–Crippen MR) is 473 cm³/mol. The Morgan fingerprint density at radius 2 is 0.491 bits per heavy atom. The van der Waals surface area contributed by atoms with Crippen LogP contribution in [0.2, 0.25) is 0 Å². The minimum atomic E-state index is 0. The van der Waals surface area contributed by atoms with Crippen molar-refractivity contribution >= 4 is 55.7 Å². The van der Waals surface area contributed by atoms with Gasteiger partial charge in [0.25, 0.3) is 0 Å². The molecule has 0 atom stereocenters. The minimum Gasteiger partial charge on any atom is -0.292 e. The lowest BCUT2D eigenvalue weighted by atomic mass is 10.1. The van der Waals surface area contributed by atoms with E-state index in [1.165, 1.54) is 55.6 Å². The Morgan fingerprint density at radius 1 is 0.198 bits per heavy atom. The van der Waals surface area contributed by atoms with Crippen molar-refractivity contribution in [2.45, 2.75) is 76.7 Å². The maximum atomic E-state index is 4.83. The van der Waals surface area contributed by atoms with Crippen LogP contribution in [0.1, 0.15) is 63.1 Å². The number of aromatic nitrogens is 16. The van der Waals surface area contributed by atoms with Gasteiger partial charge in [0.15, 0.2) is 22.6 Å². The van der Waals surface area contributed by atoms with Gasteiger partial charge in [-0.15, -0.1) is 0 Å². The smallest absolute Gasteiger partial charge is 0.198 e. The fraction of sp³-hybridized carbons (Fsp3) is 0.110. The van der Waals surface area contributed by atoms with Gasteiger partial charge in [-0.1, -0.05) is 245 Å². The number of fused-ring (bicyclic) bond motifs is 5. The van der Waals surface area contributed by atoms with Gasteiger partial charge in [-0.2, -0.15) is 0 Å². The van der Waals surface area contributed by atoms with Gasteiger partial charge in [0.05, 0.1) is 34.5 Å². The van der Waals surface area contributed by atoms with Crippen LogP contribution in [0.15, 0.2) is 329 Å². The average molecular weight is 1510 g/mol. The molecule has 0 aliphatic carbocycles. The lowest BCUT2D eigenvalue weighted by molar-refractivity contribution is 1.07. The zero-order valence-corrected chi connectivity index (χ0v) is 65.8. The molecule has 16 nitrogen and oxygen atoms in total. The topological polar surface area (TPSA) is 166 Å². The monoisotopic (exact) mass is 1510 g/mol. The van der Waals surface area contributed by atoms with Crippen LogP contribution in [0.25, 0.3) is 141 Å². The summed E-state index contributed by atoms with van der Waals surface area (Å²) < 4.78 is 10.7. The highest BCUT2D eigenvalue weighted by Gasteiger charge is 2.21. The van der Waals surface area contributed by atoms with Gasteiger partial charge in [-0.3, -0.25) is 32.8 Å². The summed E-state index contributed by atoms with van der Waals surface area (Å²) in [4.78, 5) is 50.2. The number of imidazole rings is 5. The van der Waals surface area contributed by atoms with Gasteiger partial charge in [-0.25, -0.2) is 44.9 Å². The van der Waals surface area contributed by atoms with E-state index in [4.69, 9.17) is 24.9 Å². The van der Waals surface area contributed by atoms with Crippen molar-refractivity contribution < 1.29 is 0 Å². The van der Waals surface area contributed by atoms with Crippen molar-refractivity contribution in [3.05, 3.63) is 384 Å². The zero-order valence-electron chi connectivity index (χ0n) is 65.8. The third kappa shape index (κ3) is 16.6. The Morgan fingerprint density at radius 3 is 0.940 bits per heavy atom. The number of hydrogen-bond donors (Lipinski definition) is 0. The molecule has 0 saturated carbocycles. The van der Waals surface area contributed by atoms with Gasteiger partial charge in [-0.05, 0) is 166 Å². The molecule has 20 aromatic rings. The van der Waals surface area contributed by atoms with Gasteiger partial charge >= 0.3 is 0 Å². The fourth-order valence-electron chi connectivity index (χ4n) is 13.7. The number of hydrogen-bond acceptors (Lipinski definition) is 11. The molecule has 0 spiro atoms. The summed E-state index contributed by atoms with van der Waals surface area (Å²) >= 11 is 0. The van der Waals surface area contributed by atoms with Crippen LogP contribution in [-0.2, 0) is 0 Å². The maximum absolute atomic E-state index is 4.83. The molecule has 0 fully saturated rings. The predicted octanol–water partition coefficient (Wildman–Crippen LogP) is 23.6. The number of pyridine rings is 4. The molecule has 0 saturated heterocycles. The summed E-state index contributed by atoms with van der Waals surface area (Å²) in [5.74, 6) is 4.58. The first-order chi connectivity index (χ1) is 56.1. The third-order valence-corrected chi connectivity index (χ3v) is 20.1. The lowest BCUT2D eigenvalue weighted by Crippen LogP contribution is -1.98. The molecule has 16 heteroatoms. The SMILES string of the molecule is C.Cc1ccc(-c2nc3cccnc3n2-c2ccc(C)cc2)cc1.Cc1ccc(-c2nc3ccncc3n2-c2ccc(C)cc2)cc1.Cc1ccc(-c2nc3cnccc3n2-c2ccc(C)cc2)cc1.Cc1ccc(-c2nc3ncccc3n2-c2ccc(C)cc2)cc1.Cc1ccc(-c2nc3nccnc3n2-c2ccc(C)cc2)cc1. The van der Waals surface area contributed by atoms with Crippen molar-refractivity contribution in [3.63, 3.8) is 0 Å². The van der Waals surface area contributed by atoms with Gasteiger partial charge in [0.2, 0.25) is 0 Å². The van der Waals surface area contributed by atoms with Crippen LogP contribution in [0, 0.1) is 69.2 Å². The van der Waals surface area contributed by atoms with Crippen LogP contribution < -0.4 is 0 Å². The Hall–Kier alpha value is -14.8. The number of rotatable bonds is 10. The largest absolute Gasteiger partial charge is 0.292 e. The summed E-state index contributed by atoms with van der Waals surface area (Å²) in [7, 11) is 0. The van der Waals surface area contributed by atoms with E-state index in [-0.39, 0.29) is 7.43 Å². The highest BCUT2D eigenvalue weighted by molar-refractivity contribution is 5.86. The molecular formula is C100H88N16. The molecule has 10 heterocycles. The highest BCUT2D eigenvalue weighted by atomic mass is 15.2. The second-order valence-corrected chi connectivity index (χ2v) is 29.0. The Kier molecular flexibility index (Phi) is 22.5. The van der Waals surface area contributed by atoms with E-state index in [1.807, 2.05) is 55.1 Å². The molecule has 0 aliphatic heterocycles. The standard InChI is InChI=1S/4C20H17N3.C19H16N4.CH4/c1-14-3-7-16(8-4-14)20-22-18-13-21-12-11-19(18)23(20)17-9-5-15(2)6-10-17;1-14-3-7-16(8-4-14)20-22-18-11-12-21-13-19(18)23(20)17-9-5-15(2)6-10-17;1-14-5-9-16(10-6-14)20-22-19-18(4-3-13-21-19)23(20)17-11-7-15(2)8-12-17;1-14-5-9-16(10-6-14)19-22-18-4-3-13-21-20(18)23(19)17-11-7-15(2)8-12-17;1-13-3-7-15(8-4-13)18-22-17-19(21-12-11-20-17)23(18)16-9-5-14(2)6-10-16;/h4*3-13H,1-2H3;3-12H,1-2H3;1H4. The molecule has 10 aromatic carbocycles. The molecule has 0 radical (unpaired) electrons. The van der Waals surface area contributed by atoms with Crippen LogP contribution in [0.4, 0.5) is 0 Å². The van der Waals surface area contributed by atoms with Gasteiger partial charge in [0, 0.05) is 93.4 Å². The zero-order chi connectivity index (χ0) is 79.1. The van der Waals surface area contributed by atoms with Crippen LogP contribution in [0.5, 0.6) is 0 Å². The molecule has 20 rings (SSSR count). The van der Waals surface area contributed by atoms with Crippen molar-refractivity contribution in [1.29, 1.82) is 0 Å². The van der Waals surface area contributed by atoms with Crippen LogP contribution in [-0.4, -0.2) is 77.7 Å². The molecule has 0 bridgehead atoms. The molecule has 568 valence electrons. The molecular weight excluding hydrogens is 1430 g/mol. The quantitative estimate of drug-likeness (QED) is 0.128. The van der Waals surface area contributed by atoms with E-state index >= 15 is 0 Å². The molecule has 0 amide bonds. The van der Waals surface area contributed by atoms with Gasteiger partial charge < -0.3 is 0 Å². The highest BCUT2D eigenvalue weighted by Crippen LogP contribution is 2.35. The minimum absolute atomic E-state index is 0. The first-order valence-corrected chi connectivity index (χ1v) is 38.3. The fourth-order valence-corrected chi connectivity index (χ4v) is 13.7. The van der Waals surface area contributed by atoms with Gasteiger partial charge in [0.1, 0.15) is 40.2 Å². The van der Waals surface area contributed by atoms with E-state index in [1.54, 1.807) is 24.8 Å². The normalized spacial score (nSPS) is 10.9. The van der Waals surface area contributed by atoms with E-state index in [0.29, 0.717) is 5.65 Å². The van der Waals surface area contributed by atoms with Crippen molar-refractivity contribution in [2.24, 2.45) is 0 Å². The summed E-state index contributed by atoms with van der Waals surface area (Å²) in [6.07, 6.45) is 14.3. The van der Waals surface area contributed by atoms with Crippen LogP contribution >= 0.6 is 0 Å². The molecule has 0 N–H and O–H groups in total. The summed E-state index contributed by atoms with van der Waals surface area (Å²) in [6, 6.07) is 96.4. The first kappa shape index (κ1) is 76.6. The molecule has 116 heavy (non-hydrogen) atoms. The molecule has 10 aromatic heterocycles. The Labute approximate surface area is 675 Å². The third-order valence-electron chi connectivity index (χ3n) is 20.1. The van der Waals surface area contributed by atoms with Crippen LogP contribution in [0.3, 0.4) is 0 Å². The Balaban J connectivity index is 0.000000114. The van der Waals surface area contributed by atoms with E-state index < -0.39 is 0 Å². The van der Waals surface area contributed by atoms with Crippen molar-refractivity contribution in [1.82, 2.24) is 77.7 Å². The van der Waals surface area contributed by atoms with Crippen molar-refractivity contribution in [3.8, 4) is 85.4 Å². The number of nitrogens with zero attached hydrogens (tertiary/aromatic N) is 16. The average Bonchev–Trinajstić information content (AvgIpc) is 1.64. The van der Waals surface area contributed by atoms with E-state index in [9.17, 15) is 0 Å². The van der Waals surface area contributed by atoms with E-state index in [2.05, 4.69) is 371 Å². The summed E-state index contributed by atoms with van der Waals surface area (Å²) in [5, 5.41) is 0. The number of aryl methyl sites for hydroxylation is 10. The lowest BCUT2D eigenvalue weighted by Gasteiger charge is -2.10. The summed E-state index contributed by atoms with van der Waals surface area (Å²) in [5.41, 5.74) is 32.2. The second-order valence-electron chi connectivity index (χ2n) is 29.0. The summed E-state index contributed by atoms with van der Waals surface area (Å²) in [6.45, 7) is 20.9. The second kappa shape index (κ2) is 34.1. The molecule has 0 unspecified atom stereocenters. The Bertz CT molecular complexity index is 5780. The first-order valence-electron chi connectivity index (χ1n) is 38.3.